The Morgan fingerprint density at radius 3 is 2.94 bits per heavy atom. The van der Waals surface area contributed by atoms with Gasteiger partial charge in [-0.2, -0.15) is 0 Å². The van der Waals surface area contributed by atoms with Crippen LogP contribution in [0.15, 0.2) is 12.4 Å². The summed E-state index contributed by atoms with van der Waals surface area (Å²) in [4.78, 5) is 24.3. The Kier molecular flexibility index (Phi) is 3.76. The monoisotopic (exact) mass is 249 g/mol. The zero-order valence-electron chi connectivity index (χ0n) is 10.8. The number of hydrogen-bond donors (Lipinski definition) is 1. The van der Waals surface area contributed by atoms with Gasteiger partial charge in [0.05, 0.1) is 12.4 Å². The second-order valence-electron chi connectivity index (χ2n) is 4.62. The Labute approximate surface area is 107 Å². The number of amides is 1. The minimum absolute atomic E-state index is 0.0821. The number of carbonyl (C=O) groups excluding carboxylic acids is 1. The number of anilines is 1. The highest BCUT2D eigenvalue weighted by atomic mass is 16.2. The van der Waals surface area contributed by atoms with E-state index < -0.39 is 0 Å². The molecule has 1 unspecified atom stereocenters. The first-order chi connectivity index (χ1) is 8.61. The third-order valence-electron chi connectivity index (χ3n) is 3.41. The second-order valence-corrected chi connectivity index (χ2v) is 4.62. The Bertz CT molecular complexity index is 436. The Morgan fingerprint density at radius 1 is 1.50 bits per heavy atom. The maximum Gasteiger partial charge on any atom is 0.274 e. The molecule has 1 aromatic heterocycles. The Morgan fingerprint density at radius 2 is 2.28 bits per heavy atom. The summed E-state index contributed by atoms with van der Waals surface area (Å²) >= 11 is 0. The average molecular weight is 249 g/mol. The van der Waals surface area contributed by atoms with Crippen molar-refractivity contribution in [3.05, 3.63) is 18.1 Å². The molecule has 0 aromatic carbocycles. The summed E-state index contributed by atoms with van der Waals surface area (Å²) in [7, 11) is 2.09. The molecule has 0 saturated carbocycles. The number of carbonyl (C=O) groups is 1. The molecule has 98 valence electrons. The van der Waals surface area contributed by atoms with Crippen LogP contribution in [-0.2, 0) is 0 Å². The van der Waals surface area contributed by atoms with Crippen molar-refractivity contribution in [1.82, 2.24) is 19.8 Å². The molecule has 1 aliphatic heterocycles. The molecule has 2 N–H and O–H groups in total. The fraction of sp³-hybridized carbons (Fsp3) is 0.583. The van der Waals surface area contributed by atoms with Crippen molar-refractivity contribution in [3.8, 4) is 0 Å². The number of nitrogens with two attached hydrogens (primary N) is 1. The van der Waals surface area contributed by atoms with E-state index in [1.54, 1.807) is 0 Å². The summed E-state index contributed by atoms with van der Waals surface area (Å²) in [5.41, 5.74) is 5.88. The standard InChI is InChI=1S/C12H19N5O/c1-3-9-8-17(5-4-16(9)2)12(18)10-6-14-7-11(13)15-10/h6-7,9H,3-5,8H2,1-2H3,(H2,13,15). The van der Waals surface area contributed by atoms with Crippen LogP contribution in [0.5, 0.6) is 0 Å². The predicted molar refractivity (Wildman–Crippen MR) is 69.1 cm³/mol. The van der Waals surface area contributed by atoms with Gasteiger partial charge in [0.15, 0.2) is 0 Å². The van der Waals surface area contributed by atoms with Crippen LogP contribution in [0.3, 0.4) is 0 Å². The van der Waals surface area contributed by atoms with Crippen molar-refractivity contribution in [2.75, 3.05) is 32.4 Å². The topological polar surface area (TPSA) is 75.3 Å². The minimum atomic E-state index is -0.0821. The van der Waals surface area contributed by atoms with Gasteiger partial charge in [-0.05, 0) is 13.5 Å². The summed E-state index contributed by atoms with van der Waals surface area (Å²) in [5, 5.41) is 0. The molecule has 1 aromatic rings. The first-order valence-corrected chi connectivity index (χ1v) is 6.19. The van der Waals surface area contributed by atoms with Crippen LogP contribution in [0.25, 0.3) is 0 Å². The Balaban J connectivity index is 2.10. The van der Waals surface area contributed by atoms with E-state index in [2.05, 4.69) is 28.8 Å². The van der Waals surface area contributed by atoms with Crippen LogP contribution in [0.1, 0.15) is 23.8 Å². The van der Waals surface area contributed by atoms with Gasteiger partial charge in [0, 0.05) is 25.7 Å². The van der Waals surface area contributed by atoms with Crippen LogP contribution >= 0.6 is 0 Å². The lowest BCUT2D eigenvalue weighted by atomic mass is 10.1. The lowest BCUT2D eigenvalue weighted by Gasteiger charge is -2.38. The lowest BCUT2D eigenvalue weighted by Crippen LogP contribution is -2.53. The highest BCUT2D eigenvalue weighted by molar-refractivity contribution is 5.92. The van der Waals surface area contributed by atoms with E-state index in [0.29, 0.717) is 11.7 Å². The highest BCUT2D eigenvalue weighted by Gasteiger charge is 2.27. The largest absolute Gasteiger partial charge is 0.382 e. The third-order valence-corrected chi connectivity index (χ3v) is 3.41. The SMILES string of the molecule is CCC1CN(C(=O)c2cncc(N)n2)CCN1C. The third kappa shape index (κ3) is 2.59. The molecule has 0 radical (unpaired) electrons. The fourth-order valence-corrected chi connectivity index (χ4v) is 2.22. The van der Waals surface area contributed by atoms with Gasteiger partial charge in [0.2, 0.25) is 0 Å². The van der Waals surface area contributed by atoms with Crippen molar-refractivity contribution in [2.24, 2.45) is 0 Å². The highest BCUT2D eigenvalue weighted by Crippen LogP contribution is 2.13. The number of piperazine rings is 1. The van der Waals surface area contributed by atoms with E-state index >= 15 is 0 Å². The van der Waals surface area contributed by atoms with E-state index in [4.69, 9.17) is 5.73 Å². The number of hydrogen-bond acceptors (Lipinski definition) is 5. The van der Waals surface area contributed by atoms with Gasteiger partial charge in [-0.1, -0.05) is 6.92 Å². The van der Waals surface area contributed by atoms with E-state index in [-0.39, 0.29) is 11.7 Å². The van der Waals surface area contributed by atoms with Crippen LogP contribution in [0.4, 0.5) is 5.82 Å². The summed E-state index contributed by atoms with van der Waals surface area (Å²) in [6.45, 7) is 4.49. The molecule has 18 heavy (non-hydrogen) atoms. The maximum absolute atomic E-state index is 12.3. The van der Waals surface area contributed by atoms with Crippen LogP contribution in [0, 0.1) is 0 Å². The van der Waals surface area contributed by atoms with Crippen LogP contribution in [0.2, 0.25) is 0 Å². The number of aromatic nitrogens is 2. The molecule has 1 atom stereocenters. The zero-order chi connectivity index (χ0) is 13.1. The molecule has 1 amide bonds. The second kappa shape index (κ2) is 5.30. The molecule has 2 heterocycles. The molecule has 0 aliphatic carbocycles. The molecule has 0 bridgehead atoms. The molecule has 1 aliphatic rings. The quantitative estimate of drug-likeness (QED) is 0.811. The molecule has 2 rings (SSSR count). The zero-order valence-corrected chi connectivity index (χ0v) is 10.8. The minimum Gasteiger partial charge on any atom is -0.382 e. The summed E-state index contributed by atoms with van der Waals surface area (Å²) in [5.74, 6) is 0.198. The molecular formula is C12H19N5O. The van der Waals surface area contributed by atoms with E-state index in [1.807, 2.05) is 4.90 Å². The van der Waals surface area contributed by atoms with E-state index in [9.17, 15) is 4.79 Å². The van der Waals surface area contributed by atoms with Crippen molar-refractivity contribution < 1.29 is 4.79 Å². The van der Waals surface area contributed by atoms with Gasteiger partial charge >= 0.3 is 0 Å². The summed E-state index contributed by atoms with van der Waals surface area (Å²) < 4.78 is 0. The molecule has 6 heteroatoms. The van der Waals surface area contributed by atoms with Gasteiger partial charge in [-0.3, -0.25) is 14.7 Å². The van der Waals surface area contributed by atoms with Gasteiger partial charge in [0.1, 0.15) is 11.5 Å². The van der Waals surface area contributed by atoms with E-state index in [0.717, 1.165) is 26.1 Å². The van der Waals surface area contributed by atoms with Crippen LogP contribution in [-0.4, -0.2) is 58.4 Å². The summed E-state index contributed by atoms with van der Waals surface area (Å²) in [6.07, 6.45) is 3.94. The number of nitrogen functional groups attached to an aromatic ring is 1. The van der Waals surface area contributed by atoms with Gasteiger partial charge < -0.3 is 10.6 Å². The van der Waals surface area contributed by atoms with Gasteiger partial charge in [-0.25, -0.2) is 4.98 Å². The molecule has 6 nitrogen and oxygen atoms in total. The smallest absolute Gasteiger partial charge is 0.274 e. The first kappa shape index (κ1) is 12.8. The van der Waals surface area contributed by atoms with Gasteiger partial charge in [-0.15, -0.1) is 0 Å². The number of likely N-dealkylation sites (N-methyl/N-ethyl adjacent to an activating group) is 1. The number of rotatable bonds is 2. The van der Waals surface area contributed by atoms with Crippen LogP contribution < -0.4 is 5.73 Å². The van der Waals surface area contributed by atoms with Crippen molar-refractivity contribution in [1.29, 1.82) is 0 Å². The van der Waals surface area contributed by atoms with Crippen molar-refractivity contribution in [2.45, 2.75) is 19.4 Å². The average Bonchev–Trinajstić information content (AvgIpc) is 2.38. The normalized spacial score (nSPS) is 21.0. The lowest BCUT2D eigenvalue weighted by molar-refractivity contribution is 0.0536. The molecule has 0 spiro atoms. The number of nitrogens with zero attached hydrogens (tertiary/aromatic N) is 4. The molecule has 1 fully saturated rings. The molecular weight excluding hydrogens is 230 g/mol. The predicted octanol–water partition coefficient (Wildman–Crippen LogP) is 0.225. The van der Waals surface area contributed by atoms with Crippen molar-refractivity contribution >= 4 is 11.7 Å². The van der Waals surface area contributed by atoms with E-state index in [1.165, 1.54) is 12.4 Å². The fourth-order valence-electron chi connectivity index (χ4n) is 2.22. The molecule has 1 saturated heterocycles. The maximum atomic E-state index is 12.3. The first-order valence-electron chi connectivity index (χ1n) is 6.19. The van der Waals surface area contributed by atoms with Gasteiger partial charge in [0.25, 0.3) is 5.91 Å². The van der Waals surface area contributed by atoms with Crippen molar-refractivity contribution in [3.63, 3.8) is 0 Å². The summed E-state index contributed by atoms with van der Waals surface area (Å²) in [6, 6.07) is 0.414. The Hall–Kier alpha value is -1.69.